The van der Waals surface area contributed by atoms with Crippen LogP contribution in [0.1, 0.15) is 25.0 Å². The van der Waals surface area contributed by atoms with Gasteiger partial charge in [-0.3, -0.25) is 9.79 Å². The summed E-state index contributed by atoms with van der Waals surface area (Å²) < 4.78 is 78.8. The number of aromatic nitrogens is 2. The minimum absolute atomic E-state index is 0.0142. The minimum atomic E-state index is -4.78. The molecule has 1 N–H and O–H groups in total. The van der Waals surface area contributed by atoms with Gasteiger partial charge < -0.3 is 10.0 Å². The summed E-state index contributed by atoms with van der Waals surface area (Å²) in [5, 5.41) is 16.8. The van der Waals surface area contributed by atoms with Crippen molar-refractivity contribution >= 4 is 17.3 Å². The van der Waals surface area contributed by atoms with Crippen molar-refractivity contribution in [3.05, 3.63) is 29.0 Å². The van der Waals surface area contributed by atoms with Crippen LogP contribution in [-0.2, 0) is 11.0 Å². The minimum Gasteiger partial charge on any atom is -0.384 e. The molecule has 1 saturated heterocycles. The first-order valence-corrected chi connectivity index (χ1v) is 9.67. The van der Waals surface area contributed by atoms with Crippen LogP contribution in [0.5, 0.6) is 0 Å². The van der Waals surface area contributed by atoms with Crippen molar-refractivity contribution in [3.8, 4) is 0 Å². The molecule has 2 aliphatic heterocycles. The standard InChI is InChI=1S/C19H18F6N4O2/c20-18(21,22)12-1-2-13(28-27-12)29-5-3-9(4-6-29)16-14-10(8-26-16)7-11(30)17(31)15(14)19(23,24)25/h1-2,9,15,17,31H,3-8H2/t15-,17+/m0/s1. The molecule has 3 heterocycles. The van der Waals surface area contributed by atoms with E-state index >= 15 is 0 Å². The quantitative estimate of drug-likeness (QED) is 0.704. The Morgan fingerprint density at radius 1 is 1.03 bits per heavy atom. The lowest BCUT2D eigenvalue weighted by Crippen LogP contribution is -2.46. The Kier molecular flexibility index (Phi) is 5.31. The van der Waals surface area contributed by atoms with Crippen LogP contribution in [0.15, 0.2) is 28.3 Å². The summed E-state index contributed by atoms with van der Waals surface area (Å²) in [7, 11) is 0. The predicted molar refractivity (Wildman–Crippen MR) is 96.5 cm³/mol. The number of anilines is 1. The zero-order valence-electron chi connectivity index (χ0n) is 16.0. The summed E-state index contributed by atoms with van der Waals surface area (Å²) in [6.07, 6.45) is -10.9. The molecular formula is C19H18F6N4O2. The number of carbonyl (C=O) groups is 1. The highest BCUT2D eigenvalue weighted by atomic mass is 19.4. The molecule has 3 aliphatic rings. The Hall–Kier alpha value is -2.50. The lowest BCUT2D eigenvalue weighted by molar-refractivity contribution is -0.190. The van der Waals surface area contributed by atoms with E-state index in [1.807, 2.05) is 0 Å². The van der Waals surface area contributed by atoms with Crippen molar-refractivity contribution in [2.75, 3.05) is 24.5 Å². The first kappa shape index (κ1) is 21.7. The maximum absolute atomic E-state index is 13.6. The van der Waals surface area contributed by atoms with E-state index in [1.54, 1.807) is 4.90 Å². The summed E-state index contributed by atoms with van der Waals surface area (Å²) in [5.41, 5.74) is -0.576. The molecule has 2 atom stereocenters. The van der Waals surface area contributed by atoms with Crippen molar-refractivity contribution in [2.45, 2.75) is 37.7 Å². The first-order valence-electron chi connectivity index (χ1n) is 9.67. The van der Waals surface area contributed by atoms with Crippen molar-refractivity contribution in [2.24, 2.45) is 16.8 Å². The summed E-state index contributed by atoms with van der Waals surface area (Å²) >= 11 is 0. The molecule has 0 saturated carbocycles. The highest BCUT2D eigenvalue weighted by Crippen LogP contribution is 2.45. The Labute approximate surface area is 172 Å². The second kappa shape index (κ2) is 7.57. The summed E-state index contributed by atoms with van der Waals surface area (Å²) in [6, 6.07) is 2.05. The number of rotatable bonds is 2. The molecule has 0 aromatic carbocycles. The Balaban J connectivity index is 1.48. The van der Waals surface area contributed by atoms with Crippen LogP contribution < -0.4 is 4.90 Å². The van der Waals surface area contributed by atoms with E-state index in [2.05, 4.69) is 15.2 Å². The van der Waals surface area contributed by atoms with Crippen LogP contribution in [0.4, 0.5) is 32.2 Å². The average molecular weight is 448 g/mol. The van der Waals surface area contributed by atoms with E-state index in [0.717, 1.165) is 6.07 Å². The lowest BCUT2D eigenvalue weighted by Gasteiger charge is -2.36. The highest BCUT2D eigenvalue weighted by Gasteiger charge is 2.54. The Bertz CT molecular complexity index is 930. The van der Waals surface area contributed by atoms with E-state index in [9.17, 15) is 36.2 Å². The van der Waals surface area contributed by atoms with Gasteiger partial charge in [-0.05, 0) is 36.1 Å². The molecule has 6 nitrogen and oxygen atoms in total. The first-order chi connectivity index (χ1) is 14.5. The topological polar surface area (TPSA) is 78.7 Å². The average Bonchev–Trinajstić information content (AvgIpc) is 3.10. The van der Waals surface area contributed by atoms with Crippen molar-refractivity contribution < 1.29 is 36.2 Å². The molecule has 0 amide bonds. The number of nitrogens with zero attached hydrogens (tertiary/aromatic N) is 4. The van der Waals surface area contributed by atoms with E-state index in [0.29, 0.717) is 31.5 Å². The molecular weight excluding hydrogens is 430 g/mol. The van der Waals surface area contributed by atoms with Crippen LogP contribution in [0.2, 0.25) is 0 Å². The van der Waals surface area contributed by atoms with Crippen molar-refractivity contribution in [3.63, 3.8) is 0 Å². The summed E-state index contributed by atoms with van der Waals surface area (Å²) in [5.74, 6) is -3.18. The van der Waals surface area contributed by atoms with E-state index in [-0.39, 0.29) is 36.0 Å². The third-order valence-electron chi connectivity index (χ3n) is 5.94. The molecule has 1 aromatic rings. The van der Waals surface area contributed by atoms with E-state index in [1.165, 1.54) is 6.07 Å². The number of carbonyl (C=O) groups excluding carboxylic acids is 1. The number of aliphatic imine (C=N–C) groups is 1. The van der Waals surface area contributed by atoms with Gasteiger partial charge in [-0.1, -0.05) is 0 Å². The van der Waals surface area contributed by atoms with Crippen molar-refractivity contribution in [1.82, 2.24) is 10.2 Å². The molecule has 1 aromatic heterocycles. The largest absolute Gasteiger partial charge is 0.435 e. The van der Waals surface area contributed by atoms with Crippen LogP contribution in [0, 0.1) is 11.8 Å². The number of hydrogen-bond donors (Lipinski definition) is 1. The van der Waals surface area contributed by atoms with Gasteiger partial charge in [0.25, 0.3) is 0 Å². The molecule has 12 heteroatoms. The maximum atomic E-state index is 13.6. The second-order valence-electron chi connectivity index (χ2n) is 7.86. The fourth-order valence-electron chi connectivity index (χ4n) is 4.44. The van der Waals surface area contributed by atoms with Gasteiger partial charge in [-0.2, -0.15) is 26.3 Å². The molecule has 1 aliphatic carbocycles. The SMILES string of the molecule is O=C1CC2=C(C(C3CCN(c4ccc(C(F)(F)F)nn4)CC3)=NC2)[C@H](C(F)(F)F)[C@@H]1O. The number of hydrogen-bond acceptors (Lipinski definition) is 6. The number of aliphatic hydroxyl groups is 1. The van der Waals surface area contributed by atoms with E-state index in [4.69, 9.17) is 0 Å². The Morgan fingerprint density at radius 3 is 2.26 bits per heavy atom. The molecule has 0 bridgehead atoms. The smallest absolute Gasteiger partial charge is 0.384 e. The fourth-order valence-corrected chi connectivity index (χ4v) is 4.44. The number of Topliss-reactive ketones (excluding diaryl/α,β-unsaturated/α-hetero) is 1. The summed E-state index contributed by atoms with van der Waals surface area (Å²) in [6.45, 7) is 0.718. The van der Waals surface area contributed by atoms with Gasteiger partial charge in [-0.15, -0.1) is 10.2 Å². The molecule has 31 heavy (non-hydrogen) atoms. The van der Waals surface area contributed by atoms with Crippen LogP contribution >= 0.6 is 0 Å². The molecule has 0 radical (unpaired) electrons. The number of ketones is 1. The predicted octanol–water partition coefficient (Wildman–Crippen LogP) is 2.98. The fraction of sp³-hybridized carbons (Fsp3) is 0.579. The summed E-state index contributed by atoms with van der Waals surface area (Å²) in [4.78, 5) is 17.8. The van der Waals surface area contributed by atoms with Gasteiger partial charge in [0.05, 0.1) is 6.54 Å². The van der Waals surface area contributed by atoms with Gasteiger partial charge in [0.2, 0.25) is 0 Å². The van der Waals surface area contributed by atoms with E-state index < -0.39 is 35.9 Å². The number of piperidine rings is 1. The van der Waals surface area contributed by atoms with Crippen LogP contribution in [-0.4, -0.2) is 58.7 Å². The van der Waals surface area contributed by atoms with Gasteiger partial charge in [0.1, 0.15) is 12.0 Å². The van der Waals surface area contributed by atoms with Crippen molar-refractivity contribution in [1.29, 1.82) is 0 Å². The number of halogens is 6. The highest BCUT2D eigenvalue weighted by molar-refractivity contribution is 6.08. The van der Waals surface area contributed by atoms with Crippen LogP contribution in [0.25, 0.3) is 0 Å². The van der Waals surface area contributed by atoms with Gasteiger partial charge >= 0.3 is 12.4 Å². The zero-order chi connectivity index (χ0) is 22.6. The third kappa shape index (κ3) is 4.04. The molecule has 1 fully saturated rings. The monoisotopic (exact) mass is 448 g/mol. The number of alkyl halides is 6. The molecule has 0 unspecified atom stereocenters. The normalized spacial score (nSPS) is 25.7. The second-order valence-corrected chi connectivity index (χ2v) is 7.86. The Morgan fingerprint density at radius 2 is 1.71 bits per heavy atom. The molecule has 168 valence electrons. The van der Waals surface area contributed by atoms with Gasteiger partial charge in [-0.25, -0.2) is 0 Å². The van der Waals surface area contributed by atoms with Crippen LogP contribution in [0.3, 0.4) is 0 Å². The maximum Gasteiger partial charge on any atom is 0.435 e. The van der Waals surface area contributed by atoms with Gasteiger partial charge in [0, 0.05) is 31.1 Å². The molecule has 0 spiro atoms. The van der Waals surface area contributed by atoms with Gasteiger partial charge in [0.15, 0.2) is 17.3 Å². The molecule has 4 rings (SSSR count). The third-order valence-corrected chi connectivity index (χ3v) is 5.94. The zero-order valence-corrected chi connectivity index (χ0v) is 16.0. The lowest BCUT2D eigenvalue weighted by atomic mass is 9.74. The number of aliphatic hydroxyl groups excluding tert-OH is 1.